The zero-order valence-corrected chi connectivity index (χ0v) is 12.8. The van der Waals surface area contributed by atoms with Gasteiger partial charge >= 0.3 is 0 Å². The topological polar surface area (TPSA) is 71.1 Å². The molecule has 2 N–H and O–H groups in total. The second kappa shape index (κ2) is 7.54. The number of hydrogen-bond acceptors (Lipinski definition) is 3. The highest BCUT2D eigenvalue weighted by atomic mass is 79.9. The minimum atomic E-state index is -0.391. The quantitative estimate of drug-likeness (QED) is 0.867. The fourth-order valence-electron chi connectivity index (χ4n) is 1.66. The van der Waals surface area contributed by atoms with Crippen molar-refractivity contribution in [2.75, 3.05) is 6.54 Å². The van der Waals surface area contributed by atoms with E-state index in [0.29, 0.717) is 11.0 Å². The van der Waals surface area contributed by atoms with E-state index >= 15 is 0 Å². The number of pyridine rings is 1. The van der Waals surface area contributed by atoms with E-state index in [0.717, 1.165) is 5.56 Å². The monoisotopic (exact) mass is 347 g/mol. The Balaban J connectivity index is 1.79. The summed E-state index contributed by atoms with van der Waals surface area (Å²) in [7, 11) is 0. The Morgan fingerprint density at radius 1 is 1.05 bits per heavy atom. The molecule has 5 nitrogen and oxygen atoms in total. The molecule has 0 bridgehead atoms. The first-order valence-corrected chi connectivity index (χ1v) is 7.15. The summed E-state index contributed by atoms with van der Waals surface area (Å²) >= 11 is 3.24. The molecule has 1 heterocycles. The third kappa shape index (κ3) is 4.68. The van der Waals surface area contributed by atoms with E-state index in [1.807, 2.05) is 30.3 Å². The average molecular weight is 348 g/mol. The Labute approximate surface area is 130 Å². The van der Waals surface area contributed by atoms with Crippen molar-refractivity contribution in [2.24, 2.45) is 0 Å². The van der Waals surface area contributed by atoms with Gasteiger partial charge in [-0.15, -0.1) is 0 Å². The molecular weight excluding hydrogens is 334 g/mol. The van der Waals surface area contributed by atoms with Gasteiger partial charge in [-0.1, -0.05) is 30.3 Å². The fourth-order valence-corrected chi connectivity index (χ4v) is 2.09. The van der Waals surface area contributed by atoms with Gasteiger partial charge in [0, 0.05) is 17.2 Å². The Bertz CT molecular complexity index is 632. The normalized spacial score (nSPS) is 9.95. The van der Waals surface area contributed by atoms with E-state index in [-0.39, 0.29) is 18.1 Å². The van der Waals surface area contributed by atoms with Crippen molar-refractivity contribution in [3.05, 3.63) is 64.4 Å². The molecule has 0 saturated heterocycles. The molecule has 0 aliphatic carbocycles. The van der Waals surface area contributed by atoms with Crippen LogP contribution in [0.3, 0.4) is 0 Å². The molecule has 0 atom stereocenters. The molecule has 2 amide bonds. The van der Waals surface area contributed by atoms with Gasteiger partial charge in [-0.2, -0.15) is 0 Å². The van der Waals surface area contributed by atoms with Gasteiger partial charge < -0.3 is 10.6 Å². The van der Waals surface area contributed by atoms with Crippen molar-refractivity contribution < 1.29 is 9.59 Å². The smallest absolute Gasteiger partial charge is 0.271 e. The molecule has 1 aromatic heterocycles. The minimum absolute atomic E-state index is 0.0886. The maximum absolute atomic E-state index is 11.9. The molecule has 0 spiro atoms. The van der Waals surface area contributed by atoms with Crippen LogP contribution >= 0.6 is 15.9 Å². The number of carbonyl (C=O) groups is 2. The van der Waals surface area contributed by atoms with Gasteiger partial charge in [0.2, 0.25) is 5.91 Å². The molecule has 21 heavy (non-hydrogen) atoms. The van der Waals surface area contributed by atoms with E-state index in [2.05, 4.69) is 31.5 Å². The van der Waals surface area contributed by atoms with Crippen LogP contribution in [0.5, 0.6) is 0 Å². The summed E-state index contributed by atoms with van der Waals surface area (Å²) in [6.45, 7) is 0.345. The second-order valence-corrected chi connectivity index (χ2v) is 5.13. The van der Waals surface area contributed by atoms with Crippen LogP contribution < -0.4 is 10.6 Å². The van der Waals surface area contributed by atoms with E-state index in [4.69, 9.17) is 0 Å². The lowest BCUT2D eigenvalue weighted by Crippen LogP contribution is -2.37. The lowest BCUT2D eigenvalue weighted by Gasteiger charge is -2.07. The number of rotatable bonds is 5. The Hall–Kier alpha value is -2.21. The maximum atomic E-state index is 11.9. The predicted molar refractivity (Wildman–Crippen MR) is 82.6 cm³/mol. The van der Waals surface area contributed by atoms with Crippen LogP contribution in [0.15, 0.2) is 53.1 Å². The van der Waals surface area contributed by atoms with Crippen LogP contribution in [0.1, 0.15) is 16.1 Å². The second-order valence-electron chi connectivity index (χ2n) is 4.28. The molecule has 2 rings (SSSR count). The van der Waals surface area contributed by atoms with Crippen molar-refractivity contribution >= 4 is 27.7 Å². The fraction of sp³-hybridized carbons (Fsp3) is 0.133. The summed E-state index contributed by atoms with van der Waals surface area (Å²) in [4.78, 5) is 27.5. The van der Waals surface area contributed by atoms with Crippen LogP contribution in [0.4, 0.5) is 0 Å². The molecule has 6 heteroatoms. The van der Waals surface area contributed by atoms with Gasteiger partial charge in [0.05, 0.1) is 6.54 Å². The highest BCUT2D eigenvalue weighted by Crippen LogP contribution is 2.12. The molecule has 108 valence electrons. The number of halogens is 1. The van der Waals surface area contributed by atoms with Crippen LogP contribution in [0, 0.1) is 0 Å². The molecule has 0 aliphatic rings. The lowest BCUT2D eigenvalue weighted by molar-refractivity contribution is -0.120. The Kier molecular flexibility index (Phi) is 5.45. The van der Waals surface area contributed by atoms with Gasteiger partial charge in [-0.05, 0) is 33.6 Å². The van der Waals surface area contributed by atoms with Gasteiger partial charge in [0.15, 0.2) is 0 Å². The Morgan fingerprint density at radius 2 is 1.81 bits per heavy atom. The highest BCUT2D eigenvalue weighted by molar-refractivity contribution is 9.10. The van der Waals surface area contributed by atoms with Gasteiger partial charge in [-0.25, -0.2) is 4.98 Å². The van der Waals surface area contributed by atoms with E-state index in [9.17, 15) is 9.59 Å². The Morgan fingerprint density at radius 3 is 2.52 bits per heavy atom. The van der Waals surface area contributed by atoms with Crippen LogP contribution in [0.2, 0.25) is 0 Å². The first-order valence-electron chi connectivity index (χ1n) is 6.36. The van der Waals surface area contributed by atoms with Gasteiger partial charge in [0.25, 0.3) is 5.91 Å². The average Bonchev–Trinajstić information content (AvgIpc) is 2.52. The number of nitrogens with zero attached hydrogens (tertiary/aromatic N) is 1. The number of aromatic nitrogens is 1. The number of carbonyl (C=O) groups excluding carboxylic acids is 2. The van der Waals surface area contributed by atoms with Crippen molar-refractivity contribution in [3.8, 4) is 0 Å². The number of benzene rings is 1. The lowest BCUT2D eigenvalue weighted by atomic mass is 10.2. The minimum Gasteiger partial charge on any atom is -0.350 e. The van der Waals surface area contributed by atoms with Crippen molar-refractivity contribution in [3.63, 3.8) is 0 Å². The zero-order chi connectivity index (χ0) is 15.1. The van der Waals surface area contributed by atoms with Crippen LogP contribution in [-0.2, 0) is 11.3 Å². The summed E-state index contributed by atoms with van der Waals surface area (Å²) < 4.78 is 0.590. The molecule has 0 saturated carbocycles. The SMILES string of the molecule is O=C(CNC(=O)c1ncccc1Br)NCc1ccccc1. The van der Waals surface area contributed by atoms with Crippen LogP contribution in [-0.4, -0.2) is 23.3 Å². The highest BCUT2D eigenvalue weighted by Gasteiger charge is 2.12. The van der Waals surface area contributed by atoms with E-state index in [1.54, 1.807) is 12.1 Å². The summed E-state index contributed by atoms with van der Waals surface area (Å²) in [5.74, 6) is -0.642. The molecular formula is C15H14BrN3O2. The van der Waals surface area contributed by atoms with Crippen molar-refractivity contribution in [2.45, 2.75) is 6.54 Å². The molecule has 1 aromatic carbocycles. The van der Waals surface area contributed by atoms with E-state index < -0.39 is 5.91 Å². The van der Waals surface area contributed by atoms with Crippen LogP contribution in [0.25, 0.3) is 0 Å². The standard InChI is InChI=1S/C15H14BrN3O2/c16-12-7-4-8-17-14(12)15(21)19-10-13(20)18-9-11-5-2-1-3-6-11/h1-8H,9-10H2,(H,18,20)(H,19,21). The first kappa shape index (κ1) is 15.2. The predicted octanol–water partition coefficient (Wildman–Crippen LogP) is 1.89. The number of amides is 2. The summed E-state index contributed by atoms with van der Waals surface area (Å²) in [6.07, 6.45) is 1.52. The summed E-state index contributed by atoms with van der Waals surface area (Å²) in [5.41, 5.74) is 1.26. The maximum Gasteiger partial charge on any atom is 0.271 e. The number of nitrogens with one attached hydrogen (secondary N) is 2. The third-order valence-corrected chi connectivity index (χ3v) is 3.36. The number of hydrogen-bond donors (Lipinski definition) is 2. The summed E-state index contributed by atoms with van der Waals surface area (Å²) in [6, 6.07) is 13.0. The molecule has 0 fully saturated rings. The molecule has 0 unspecified atom stereocenters. The molecule has 2 aromatic rings. The first-order chi connectivity index (χ1) is 10.2. The van der Waals surface area contributed by atoms with Gasteiger partial charge in [-0.3, -0.25) is 9.59 Å². The van der Waals surface area contributed by atoms with Crippen molar-refractivity contribution in [1.82, 2.24) is 15.6 Å². The van der Waals surface area contributed by atoms with Gasteiger partial charge in [0.1, 0.15) is 5.69 Å². The van der Waals surface area contributed by atoms with Crippen molar-refractivity contribution in [1.29, 1.82) is 0 Å². The summed E-state index contributed by atoms with van der Waals surface area (Å²) in [5, 5.41) is 5.27. The zero-order valence-electron chi connectivity index (χ0n) is 11.2. The molecule has 0 aliphatic heterocycles. The molecule has 0 radical (unpaired) electrons. The largest absolute Gasteiger partial charge is 0.350 e. The third-order valence-electron chi connectivity index (χ3n) is 2.72. The van der Waals surface area contributed by atoms with E-state index in [1.165, 1.54) is 6.20 Å².